The quantitative estimate of drug-likeness (QED) is 0.844. The van der Waals surface area contributed by atoms with Crippen LogP contribution in [0.2, 0.25) is 0 Å². The molecule has 0 aromatic heterocycles. The third-order valence-electron chi connectivity index (χ3n) is 2.68. The molecule has 0 aliphatic heterocycles. The summed E-state index contributed by atoms with van der Waals surface area (Å²) in [5.41, 5.74) is 0.680. The molecule has 0 atom stereocenters. The number of anilines is 1. The Kier molecular flexibility index (Phi) is 4.03. The Labute approximate surface area is 121 Å². The van der Waals surface area contributed by atoms with Gasteiger partial charge in [0.1, 0.15) is 4.90 Å². The number of carbonyl (C=O) groups excluding carboxylic acids is 1. The van der Waals surface area contributed by atoms with Crippen LogP contribution in [0.4, 0.5) is 5.69 Å². The standard InChI is InChI=1S/C14H10N2O4S/c15-9-10-5-7-11(8-6-10)16-14(17)12-3-1-2-4-13(12)21(18,19)20/h1-8H,(H,16,17)(H,18,19,20). The zero-order chi connectivity index (χ0) is 15.5. The summed E-state index contributed by atoms with van der Waals surface area (Å²) in [6, 6.07) is 13.3. The fourth-order valence-electron chi connectivity index (χ4n) is 1.71. The second-order valence-corrected chi connectivity index (χ2v) is 5.50. The van der Waals surface area contributed by atoms with Crippen molar-refractivity contribution >= 4 is 21.7 Å². The molecular weight excluding hydrogens is 292 g/mol. The van der Waals surface area contributed by atoms with Crippen molar-refractivity contribution in [3.05, 3.63) is 59.7 Å². The van der Waals surface area contributed by atoms with Gasteiger partial charge in [0.2, 0.25) is 0 Å². The van der Waals surface area contributed by atoms with Gasteiger partial charge >= 0.3 is 0 Å². The van der Waals surface area contributed by atoms with Gasteiger partial charge in [0.05, 0.1) is 17.2 Å². The maximum absolute atomic E-state index is 12.1. The average Bonchev–Trinajstić information content (AvgIpc) is 2.47. The second-order valence-electron chi connectivity index (χ2n) is 4.11. The number of benzene rings is 2. The van der Waals surface area contributed by atoms with Gasteiger partial charge in [0.25, 0.3) is 16.0 Å². The first-order valence-corrected chi connectivity index (χ1v) is 7.24. The Morgan fingerprint density at radius 3 is 2.29 bits per heavy atom. The molecule has 0 radical (unpaired) electrons. The minimum Gasteiger partial charge on any atom is -0.322 e. The van der Waals surface area contributed by atoms with Crippen molar-refractivity contribution in [2.45, 2.75) is 4.90 Å². The van der Waals surface area contributed by atoms with Crippen LogP contribution < -0.4 is 5.32 Å². The highest BCUT2D eigenvalue weighted by Gasteiger charge is 2.19. The minimum absolute atomic E-state index is 0.163. The topological polar surface area (TPSA) is 107 Å². The van der Waals surface area contributed by atoms with Crippen LogP contribution >= 0.6 is 0 Å². The molecule has 1 amide bonds. The number of rotatable bonds is 3. The first-order valence-electron chi connectivity index (χ1n) is 5.80. The number of nitrogens with zero attached hydrogens (tertiary/aromatic N) is 1. The van der Waals surface area contributed by atoms with Gasteiger partial charge in [-0.05, 0) is 36.4 Å². The predicted molar refractivity (Wildman–Crippen MR) is 75.4 cm³/mol. The lowest BCUT2D eigenvalue weighted by Crippen LogP contribution is -2.16. The maximum atomic E-state index is 12.1. The number of nitriles is 1. The van der Waals surface area contributed by atoms with Crippen LogP contribution in [-0.2, 0) is 10.1 Å². The number of hydrogen-bond donors (Lipinski definition) is 2. The Morgan fingerprint density at radius 2 is 1.71 bits per heavy atom. The zero-order valence-corrected chi connectivity index (χ0v) is 11.5. The molecule has 21 heavy (non-hydrogen) atoms. The van der Waals surface area contributed by atoms with Gasteiger partial charge in [-0.15, -0.1) is 0 Å². The average molecular weight is 302 g/mol. The van der Waals surface area contributed by atoms with E-state index in [1.54, 1.807) is 0 Å². The third-order valence-corrected chi connectivity index (χ3v) is 3.59. The van der Waals surface area contributed by atoms with E-state index in [2.05, 4.69) is 5.32 Å². The molecular formula is C14H10N2O4S. The van der Waals surface area contributed by atoms with Crippen LogP contribution in [0.15, 0.2) is 53.4 Å². The Morgan fingerprint density at radius 1 is 1.10 bits per heavy atom. The fourth-order valence-corrected chi connectivity index (χ4v) is 2.39. The van der Waals surface area contributed by atoms with E-state index in [1.165, 1.54) is 42.5 Å². The minimum atomic E-state index is -4.49. The predicted octanol–water partition coefficient (Wildman–Crippen LogP) is 2.06. The van der Waals surface area contributed by atoms with Gasteiger partial charge in [-0.2, -0.15) is 13.7 Å². The van der Waals surface area contributed by atoms with Crippen LogP contribution in [0.25, 0.3) is 0 Å². The van der Waals surface area contributed by atoms with Crippen LogP contribution in [-0.4, -0.2) is 18.9 Å². The normalized spacial score (nSPS) is 10.7. The SMILES string of the molecule is N#Cc1ccc(NC(=O)c2ccccc2S(=O)(=O)O)cc1. The molecule has 2 aromatic rings. The highest BCUT2D eigenvalue weighted by atomic mass is 32.2. The largest absolute Gasteiger partial charge is 0.322 e. The number of carbonyl (C=O) groups is 1. The molecule has 0 saturated carbocycles. The van der Waals surface area contributed by atoms with E-state index in [4.69, 9.17) is 9.81 Å². The molecule has 0 heterocycles. The molecule has 0 bridgehead atoms. The van der Waals surface area contributed by atoms with Gasteiger partial charge in [0.15, 0.2) is 0 Å². The highest BCUT2D eigenvalue weighted by molar-refractivity contribution is 7.86. The summed E-state index contributed by atoms with van der Waals surface area (Å²) in [7, 11) is -4.49. The summed E-state index contributed by atoms with van der Waals surface area (Å²) in [6.45, 7) is 0. The first-order chi connectivity index (χ1) is 9.91. The van der Waals surface area contributed by atoms with Crippen LogP contribution in [0.3, 0.4) is 0 Å². The number of hydrogen-bond acceptors (Lipinski definition) is 4. The molecule has 6 nitrogen and oxygen atoms in total. The molecule has 2 rings (SSSR count). The van der Waals surface area contributed by atoms with E-state index in [-0.39, 0.29) is 5.56 Å². The number of amides is 1. The van der Waals surface area contributed by atoms with E-state index in [9.17, 15) is 13.2 Å². The van der Waals surface area contributed by atoms with Gasteiger partial charge in [0, 0.05) is 5.69 Å². The first kappa shape index (κ1) is 14.7. The molecule has 0 aliphatic carbocycles. The van der Waals surface area contributed by atoms with Crippen molar-refractivity contribution in [1.82, 2.24) is 0 Å². The molecule has 0 fully saturated rings. The Balaban J connectivity index is 2.31. The summed E-state index contributed by atoms with van der Waals surface area (Å²) in [6.07, 6.45) is 0. The summed E-state index contributed by atoms with van der Waals surface area (Å²) in [5.74, 6) is -0.673. The van der Waals surface area contributed by atoms with E-state index < -0.39 is 20.9 Å². The van der Waals surface area contributed by atoms with Gasteiger partial charge < -0.3 is 5.32 Å². The molecule has 2 N–H and O–H groups in total. The van der Waals surface area contributed by atoms with Gasteiger partial charge in [-0.3, -0.25) is 9.35 Å². The molecule has 7 heteroatoms. The summed E-state index contributed by atoms with van der Waals surface area (Å²) < 4.78 is 31.6. The van der Waals surface area contributed by atoms with E-state index in [1.807, 2.05) is 6.07 Å². The summed E-state index contributed by atoms with van der Waals surface area (Å²) >= 11 is 0. The maximum Gasteiger partial charge on any atom is 0.295 e. The van der Waals surface area contributed by atoms with Crippen molar-refractivity contribution in [3.8, 4) is 6.07 Å². The zero-order valence-electron chi connectivity index (χ0n) is 10.6. The van der Waals surface area contributed by atoms with E-state index in [0.717, 1.165) is 6.07 Å². The Hall–Kier alpha value is -2.69. The van der Waals surface area contributed by atoms with Crippen molar-refractivity contribution in [2.75, 3.05) is 5.32 Å². The lowest BCUT2D eigenvalue weighted by atomic mass is 10.2. The molecule has 0 saturated heterocycles. The lowest BCUT2D eigenvalue weighted by molar-refractivity contribution is 0.102. The fraction of sp³-hybridized carbons (Fsp3) is 0. The molecule has 0 spiro atoms. The summed E-state index contributed by atoms with van der Waals surface area (Å²) in [4.78, 5) is 11.6. The molecule has 0 unspecified atom stereocenters. The highest BCUT2D eigenvalue weighted by Crippen LogP contribution is 2.17. The van der Waals surface area contributed by atoms with Crippen molar-refractivity contribution in [3.63, 3.8) is 0 Å². The van der Waals surface area contributed by atoms with Gasteiger partial charge in [-0.1, -0.05) is 12.1 Å². The summed E-state index contributed by atoms with van der Waals surface area (Å²) in [5, 5.41) is 11.2. The molecule has 2 aromatic carbocycles. The third kappa shape index (κ3) is 3.45. The van der Waals surface area contributed by atoms with Crippen molar-refractivity contribution < 1.29 is 17.8 Å². The molecule has 0 aliphatic rings. The van der Waals surface area contributed by atoms with Crippen molar-refractivity contribution in [1.29, 1.82) is 5.26 Å². The van der Waals surface area contributed by atoms with Crippen LogP contribution in [0.1, 0.15) is 15.9 Å². The number of nitrogens with one attached hydrogen (secondary N) is 1. The van der Waals surface area contributed by atoms with Gasteiger partial charge in [-0.25, -0.2) is 0 Å². The monoisotopic (exact) mass is 302 g/mol. The van der Waals surface area contributed by atoms with E-state index in [0.29, 0.717) is 11.3 Å². The second kappa shape index (κ2) is 5.75. The van der Waals surface area contributed by atoms with E-state index >= 15 is 0 Å². The molecule has 106 valence electrons. The van der Waals surface area contributed by atoms with Crippen LogP contribution in [0, 0.1) is 11.3 Å². The smallest absolute Gasteiger partial charge is 0.295 e. The van der Waals surface area contributed by atoms with Crippen LogP contribution in [0.5, 0.6) is 0 Å². The lowest BCUT2D eigenvalue weighted by Gasteiger charge is -2.08. The van der Waals surface area contributed by atoms with Crippen molar-refractivity contribution in [2.24, 2.45) is 0 Å². The Bertz CT molecular complexity index is 821.